The number of ketones is 1. The first-order chi connectivity index (χ1) is 14.5. The number of carbonyl (C=O) groups is 3. The van der Waals surface area contributed by atoms with E-state index in [2.05, 4.69) is 5.32 Å². The molecule has 2 atom stereocenters. The maximum absolute atomic E-state index is 12.6. The molecule has 1 aliphatic heterocycles. The Balaban J connectivity index is 2.04. The molecule has 7 nitrogen and oxygen atoms in total. The molecule has 0 aromatic heterocycles. The Morgan fingerprint density at radius 1 is 1.07 bits per heavy atom. The molecule has 0 bridgehead atoms. The Bertz CT molecular complexity index is 522. The summed E-state index contributed by atoms with van der Waals surface area (Å²) in [4.78, 5) is 37.0. The molecule has 1 heterocycles. The number of amides is 2. The van der Waals surface area contributed by atoms with Crippen LogP contribution < -0.4 is 5.32 Å². The lowest BCUT2D eigenvalue weighted by molar-refractivity contribution is -0.133. The molecule has 0 aliphatic carbocycles. The predicted molar refractivity (Wildman–Crippen MR) is 124 cm³/mol. The fourth-order valence-electron chi connectivity index (χ4n) is 3.41. The SMILES string of the molecule is CCO[C@@H]1C[C@@H](COC)N(C(=O)CCCSSCCNC(=O)CCCCC(C)=O)C1. The molecule has 1 rings (SSSR count). The van der Waals surface area contributed by atoms with Gasteiger partial charge in [-0.25, -0.2) is 0 Å². The van der Waals surface area contributed by atoms with Crippen molar-refractivity contribution in [2.75, 3.05) is 44.9 Å². The monoisotopic (exact) mass is 462 g/mol. The van der Waals surface area contributed by atoms with Gasteiger partial charge in [-0.3, -0.25) is 9.59 Å². The van der Waals surface area contributed by atoms with Gasteiger partial charge in [0.15, 0.2) is 0 Å². The first-order valence-corrected chi connectivity index (χ1v) is 13.4. The Kier molecular flexibility index (Phi) is 15.3. The van der Waals surface area contributed by atoms with Crippen LogP contribution in [0.1, 0.15) is 58.8 Å². The van der Waals surface area contributed by atoms with E-state index in [0.29, 0.717) is 45.6 Å². The Hall–Kier alpha value is -0.770. The number of hydrogen-bond acceptors (Lipinski definition) is 7. The van der Waals surface area contributed by atoms with Gasteiger partial charge < -0.3 is 24.5 Å². The molecule has 30 heavy (non-hydrogen) atoms. The number of hydrogen-bond donors (Lipinski definition) is 1. The summed E-state index contributed by atoms with van der Waals surface area (Å²) in [6.07, 6.45) is 4.93. The second-order valence-electron chi connectivity index (χ2n) is 7.47. The van der Waals surface area contributed by atoms with Gasteiger partial charge in [0.1, 0.15) is 5.78 Å². The van der Waals surface area contributed by atoms with Crippen molar-refractivity contribution >= 4 is 39.2 Å². The number of methoxy groups -OCH3 is 1. The molecule has 0 aromatic rings. The van der Waals surface area contributed by atoms with Crippen LogP contribution in [0.4, 0.5) is 0 Å². The maximum atomic E-state index is 12.6. The molecule has 174 valence electrons. The van der Waals surface area contributed by atoms with Crippen molar-refractivity contribution in [3.63, 3.8) is 0 Å². The number of Topliss-reactive ketones (excluding diaryl/α,β-unsaturated/α-hetero) is 1. The van der Waals surface area contributed by atoms with Crippen molar-refractivity contribution < 1.29 is 23.9 Å². The van der Waals surface area contributed by atoms with Gasteiger partial charge >= 0.3 is 0 Å². The Labute approximate surface area is 189 Å². The lowest BCUT2D eigenvalue weighted by Crippen LogP contribution is -2.38. The molecular weight excluding hydrogens is 424 g/mol. The molecule has 2 amide bonds. The van der Waals surface area contributed by atoms with Crippen molar-refractivity contribution in [2.45, 2.75) is 70.9 Å². The largest absolute Gasteiger partial charge is 0.383 e. The van der Waals surface area contributed by atoms with Crippen LogP contribution in [-0.2, 0) is 23.9 Å². The fourth-order valence-corrected chi connectivity index (χ4v) is 5.40. The van der Waals surface area contributed by atoms with Gasteiger partial charge in [0.2, 0.25) is 11.8 Å². The number of likely N-dealkylation sites (tertiary alicyclic amines) is 1. The van der Waals surface area contributed by atoms with Gasteiger partial charge in [-0.2, -0.15) is 0 Å². The second-order valence-corrected chi connectivity index (χ2v) is 10.2. The van der Waals surface area contributed by atoms with Crippen LogP contribution in [0.2, 0.25) is 0 Å². The van der Waals surface area contributed by atoms with E-state index in [0.717, 1.165) is 37.2 Å². The number of rotatable bonds is 17. The minimum atomic E-state index is 0.0522. The summed E-state index contributed by atoms with van der Waals surface area (Å²) in [5.74, 6) is 2.16. The van der Waals surface area contributed by atoms with E-state index in [1.54, 1.807) is 35.6 Å². The van der Waals surface area contributed by atoms with E-state index >= 15 is 0 Å². The van der Waals surface area contributed by atoms with Crippen molar-refractivity contribution in [1.82, 2.24) is 10.2 Å². The van der Waals surface area contributed by atoms with E-state index in [1.807, 2.05) is 11.8 Å². The summed E-state index contributed by atoms with van der Waals surface area (Å²) < 4.78 is 11.0. The van der Waals surface area contributed by atoms with Crippen molar-refractivity contribution in [3.05, 3.63) is 0 Å². The highest BCUT2D eigenvalue weighted by Gasteiger charge is 2.35. The van der Waals surface area contributed by atoms with E-state index in [-0.39, 0.29) is 29.7 Å². The van der Waals surface area contributed by atoms with Crippen molar-refractivity contribution in [3.8, 4) is 0 Å². The fraction of sp³-hybridized carbons (Fsp3) is 0.857. The van der Waals surface area contributed by atoms with Crippen LogP contribution in [0.3, 0.4) is 0 Å². The van der Waals surface area contributed by atoms with E-state index in [4.69, 9.17) is 9.47 Å². The number of ether oxygens (including phenoxy) is 2. The second kappa shape index (κ2) is 16.9. The van der Waals surface area contributed by atoms with Gasteiger partial charge in [0.25, 0.3) is 0 Å². The first-order valence-electron chi connectivity index (χ1n) is 10.9. The molecule has 1 saturated heterocycles. The summed E-state index contributed by atoms with van der Waals surface area (Å²) in [6.45, 7) is 6.09. The third-order valence-corrected chi connectivity index (χ3v) is 7.34. The average Bonchev–Trinajstić information content (AvgIpc) is 3.10. The molecule has 1 N–H and O–H groups in total. The summed E-state index contributed by atoms with van der Waals surface area (Å²) in [5.41, 5.74) is 0. The van der Waals surface area contributed by atoms with E-state index in [1.165, 1.54) is 0 Å². The highest BCUT2D eigenvalue weighted by molar-refractivity contribution is 8.76. The maximum Gasteiger partial charge on any atom is 0.223 e. The van der Waals surface area contributed by atoms with Crippen molar-refractivity contribution in [1.29, 1.82) is 0 Å². The van der Waals surface area contributed by atoms with Crippen LogP contribution in [0.5, 0.6) is 0 Å². The molecule has 0 radical (unpaired) electrons. The summed E-state index contributed by atoms with van der Waals surface area (Å²) in [5, 5.41) is 2.91. The van der Waals surface area contributed by atoms with Gasteiger partial charge in [0.05, 0.1) is 18.8 Å². The number of nitrogens with zero attached hydrogens (tertiary/aromatic N) is 1. The molecule has 9 heteroatoms. The third-order valence-electron chi connectivity index (χ3n) is 4.85. The molecular formula is C21H38N2O5S2. The Morgan fingerprint density at radius 3 is 2.50 bits per heavy atom. The zero-order valence-electron chi connectivity index (χ0n) is 18.7. The third kappa shape index (κ3) is 12.2. The minimum Gasteiger partial charge on any atom is -0.383 e. The Morgan fingerprint density at radius 2 is 1.80 bits per heavy atom. The lowest BCUT2D eigenvalue weighted by atomic mass is 10.1. The average molecular weight is 463 g/mol. The quantitative estimate of drug-likeness (QED) is 0.263. The van der Waals surface area contributed by atoms with Gasteiger partial charge in [-0.15, -0.1) is 0 Å². The van der Waals surface area contributed by atoms with E-state index in [9.17, 15) is 14.4 Å². The van der Waals surface area contributed by atoms with E-state index < -0.39 is 0 Å². The lowest BCUT2D eigenvalue weighted by Gasteiger charge is -2.23. The van der Waals surface area contributed by atoms with Gasteiger partial charge in [0, 0.05) is 57.6 Å². The molecule has 0 spiro atoms. The zero-order valence-corrected chi connectivity index (χ0v) is 20.3. The molecule has 1 fully saturated rings. The van der Waals surface area contributed by atoms with Crippen LogP contribution in [-0.4, -0.2) is 79.6 Å². The van der Waals surface area contributed by atoms with Crippen LogP contribution in [0, 0.1) is 0 Å². The van der Waals surface area contributed by atoms with Gasteiger partial charge in [-0.05, 0) is 39.5 Å². The molecule has 0 saturated carbocycles. The molecule has 0 unspecified atom stereocenters. The summed E-state index contributed by atoms with van der Waals surface area (Å²) in [7, 11) is 5.13. The number of nitrogens with one attached hydrogen (secondary N) is 1. The van der Waals surface area contributed by atoms with Gasteiger partial charge in [-0.1, -0.05) is 21.6 Å². The standard InChI is InChI=1S/C21H38N2O5S2/c1-4-28-19-14-18(16-27-3)23(15-19)21(26)10-7-12-29-30-13-11-22-20(25)9-6-5-8-17(2)24/h18-19H,4-16H2,1-3H3,(H,22,25)/t18-,19+/m0/s1. The molecule has 0 aromatic carbocycles. The number of carbonyl (C=O) groups excluding carboxylic acids is 3. The highest BCUT2D eigenvalue weighted by Crippen LogP contribution is 2.24. The number of unbranched alkanes of at least 4 members (excludes halogenated alkanes) is 1. The zero-order chi connectivity index (χ0) is 22.2. The minimum absolute atomic E-state index is 0.0522. The topological polar surface area (TPSA) is 84.9 Å². The summed E-state index contributed by atoms with van der Waals surface area (Å²) in [6, 6.07) is 0.118. The highest BCUT2D eigenvalue weighted by atomic mass is 33.1. The first kappa shape index (κ1) is 27.3. The summed E-state index contributed by atoms with van der Waals surface area (Å²) >= 11 is 0. The van der Waals surface area contributed by atoms with Crippen LogP contribution >= 0.6 is 21.6 Å². The smallest absolute Gasteiger partial charge is 0.223 e. The van der Waals surface area contributed by atoms with Crippen molar-refractivity contribution in [2.24, 2.45) is 0 Å². The molecule has 1 aliphatic rings. The van der Waals surface area contributed by atoms with Crippen LogP contribution in [0.15, 0.2) is 0 Å². The normalized spacial score (nSPS) is 18.6. The predicted octanol–water partition coefficient (Wildman–Crippen LogP) is 3.07. The van der Waals surface area contributed by atoms with Crippen LogP contribution in [0.25, 0.3) is 0 Å².